The number of aromatic nitrogens is 2. The lowest BCUT2D eigenvalue weighted by Gasteiger charge is -2.12. The van der Waals surface area contributed by atoms with Crippen LogP contribution in [0.4, 0.5) is 11.6 Å². The molecule has 1 aromatic rings. The Bertz CT molecular complexity index is 408. The number of amides is 1. The molecule has 0 spiro atoms. The van der Waals surface area contributed by atoms with Gasteiger partial charge in [-0.2, -0.15) is 0 Å². The molecule has 0 fully saturated rings. The van der Waals surface area contributed by atoms with Crippen LogP contribution in [0.25, 0.3) is 0 Å². The van der Waals surface area contributed by atoms with Crippen LogP contribution in [0.2, 0.25) is 0 Å². The van der Waals surface area contributed by atoms with Crippen molar-refractivity contribution in [2.75, 3.05) is 38.3 Å². The number of anilines is 2. The number of hydrogen-bond donors (Lipinski definition) is 2. The Morgan fingerprint density at radius 2 is 2.22 bits per heavy atom. The molecule has 7 nitrogen and oxygen atoms in total. The van der Waals surface area contributed by atoms with Crippen LogP contribution in [0.3, 0.4) is 0 Å². The number of carbonyl (C=O) groups excluding carboxylic acids is 1. The van der Waals surface area contributed by atoms with E-state index in [1.165, 1.54) is 4.90 Å². The van der Waals surface area contributed by atoms with Crippen LogP contribution in [0.1, 0.15) is 12.7 Å². The minimum absolute atomic E-state index is 0.0430. The van der Waals surface area contributed by atoms with E-state index in [1.54, 1.807) is 20.2 Å². The molecule has 1 heterocycles. The quantitative estimate of drug-likeness (QED) is 0.746. The lowest BCUT2D eigenvalue weighted by Crippen LogP contribution is -2.29. The molecule has 1 aromatic heterocycles. The van der Waals surface area contributed by atoms with Crippen molar-refractivity contribution < 1.29 is 9.53 Å². The maximum atomic E-state index is 11.4. The second kappa shape index (κ2) is 6.75. The summed E-state index contributed by atoms with van der Waals surface area (Å²) >= 11 is 0. The van der Waals surface area contributed by atoms with Gasteiger partial charge in [-0.25, -0.2) is 9.97 Å². The van der Waals surface area contributed by atoms with Crippen LogP contribution in [0.15, 0.2) is 6.07 Å². The van der Waals surface area contributed by atoms with E-state index in [0.717, 1.165) is 0 Å². The third-order valence-electron chi connectivity index (χ3n) is 2.15. The number of nitrogens with one attached hydrogen (secondary N) is 1. The van der Waals surface area contributed by atoms with E-state index < -0.39 is 0 Å². The van der Waals surface area contributed by atoms with Crippen LogP contribution < -0.4 is 11.1 Å². The number of hydrogen-bond acceptors (Lipinski definition) is 6. The Kier molecular flexibility index (Phi) is 5.31. The van der Waals surface area contributed by atoms with Crippen molar-refractivity contribution in [1.82, 2.24) is 14.9 Å². The Balaban J connectivity index is 2.65. The first-order chi connectivity index (χ1) is 8.52. The number of ether oxygens (including phenoxy) is 1. The fourth-order valence-electron chi connectivity index (χ4n) is 1.19. The third-order valence-corrected chi connectivity index (χ3v) is 2.15. The van der Waals surface area contributed by atoms with Crippen molar-refractivity contribution in [1.29, 1.82) is 0 Å². The molecule has 7 heteroatoms. The first kappa shape index (κ1) is 14.2. The van der Waals surface area contributed by atoms with Crippen molar-refractivity contribution >= 4 is 17.5 Å². The zero-order valence-electron chi connectivity index (χ0n) is 10.9. The molecule has 0 aliphatic heterocycles. The van der Waals surface area contributed by atoms with Crippen molar-refractivity contribution in [3.8, 4) is 0 Å². The fourth-order valence-corrected chi connectivity index (χ4v) is 1.19. The lowest BCUT2D eigenvalue weighted by atomic mass is 10.4. The zero-order chi connectivity index (χ0) is 13.5. The SMILES string of the molecule is CCOCc1nc(N)cc(NCC(=O)N(C)C)n1. The molecule has 1 amide bonds. The summed E-state index contributed by atoms with van der Waals surface area (Å²) in [5, 5.41) is 2.91. The van der Waals surface area contributed by atoms with E-state index in [2.05, 4.69) is 15.3 Å². The van der Waals surface area contributed by atoms with Gasteiger partial charge in [0.2, 0.25) is 5.91 Å². The molecule has 0 radical (unpaired) electrons. The third kappa shape index (κ3) is 4.54. The van der Waals surface area contributed by atoms with Crippen LogP contribution >= 0.6 is 0 Å². The largest absolute Gasteiger partial charge is 0.384 e. The van der Waals surface area contributed by atoms with Gasteiger partial charge in [0, 0.05) is 26.8 Å². The van der Waals surface area contributed by atoms with Crippen molar-refractivity contribution in [3.05, 3.63) is 11.9 Å². The van der Waals surface area contributed by atoms with E-state index >= 15 is 0 Å². The summed E-state index contributed by atoms with van der Waals surface area (Å²) in [5.41, 5.74) is 5.66. The van der Waals surface area contributed by atoms with Crippen LogP contribution in [0, 0.1) is 0 Å². The minimum atomic E-state index is -0.0430. The molecule has 18 heavy (non-hydrogen) atoms. The Hall–Kier alpha value is -1.89. The Morgan fingerprint density at radius 1 is 1.50 bits per heavy atom. The molecule has 100 valence electrons. The van der Waals surface area contributed by atoms with E-state index in [4.69, 9.17) is 10.5 Å². The standard InChI is InChI=1S/C11H19N5O2/c1-4-18-7-10-14-8(12)5-9(15-10)13-6-11(17)16(2)3/h5H,4,6-7H2,1-3H3,(H3,12,13,14,15). The van der Waals surface area contributed by atoms with Crippen molar-refractivity contribution in [2.45, 2.75) is 13.5 Å². The molecular weight excluding hydrogens is 234 g/mol. The van der Waals surface area contributed by atoms with Crippen molar-refractivity contribution in [3.63, 3.8) is 0 Å². The van der Waals surface area contributed by atoms with Gasteiger partial charge in [0.05, 0.1) is 6.54 Å². The summed E-state index contributed by atoms with van der Waals surface area (Å²) < 4.78 is 5.21. The van der Waals surface area contributed by atoms with E-state index in [-0.39, 0.29) is 12.5 Å². The number of rotatable bonds is 6. The first-order valence-corrected chi connectivity index (χ1v) is 5.68. The summed E-state index contributed by atoms with van der Waals surface area (Å²) in [6, 6.07) is 1.58. The molecule has 0 saturated carbocycles. The molecular formula is C11H19N5O2. The van der Waals surface area contributed by atoms with E-state index in [1.807, 2.05) is 6.92 Å². The average Bonchev–Trinajstić information content (AvgIpc) is 2.32. The highest BCUT2D eigenvalue weighted by atomic mass is 16.5. The fraction of sp³-hybridized carbons (Fsp3) is 0.545. The van der Waals surface area contributed by atoms with Gasteiger partial charge in [-0.05, 0) is 6.92 Å². The first-order valence-electron chi connectivity index (χ1n) is 5.68. The van der Waals surface area contributed by atoms with Gasteiger partial charge >= 0.3 is 0 Å². The summed E-state index contributed by atoms with van der Waals surface area (Å²) in [5.74, 6) is 1.32. The molecule has 0 atom stereocenters. The van der Waals surface area contributed by atoms with E-state index in [9.17, 15) is 4.79 Å². The normalized spacial score (nSPS) is 10.2. The molecule has 0 unspecified atom stereocenters. The topological polar surface area (TPSA) is 93.4 Å². The predicted molar refractivity (Wildman–Crippen MR) is 69.0 cm³/mol. The van der Waals surface area contributed by atoms with Gasteiger partial charge in [0.15, 0.2) is 5.82 Å². The average molecular weight is 253 g/mol. The molecule has 0 saturated heterocycles. The molecule has 1 rings (SSSR count). The number of nitrogens with two attached hydrogens (primary N) is 1. The maximum absolute atomic E-state index is 11.4. The molecule has 0 aliphatic rings. The molecule has 0 aromatic carbocycles. The van der Waals surface area contributed by atoms with Crippen LogP contribution in [-0.2, 0) is 16.1 Å². The summed E-state index contributed by atoms with van der Waals surface area (Å²) in [7, 11) is 3.39. The van der Waals surface area contributed by atoms with E-state index in [0.29, 0.717) is 30.7 Å². The van der Waals surface area contributed by atoms with Crippen LogP contribution in [-0.4, -0.2) is 48.0 Å². The second-order valence-corrected chi connectivity index (χ2v) is 3.87. The smallest absolute Gasteiger partial charge is 0.241 e. The maximum Gasteiger partial charge on any atom is 0.241 e. The highest BCUT2D eigenvalue weighted by Gasteiger charge is 2.06. The summed E-state index contributed by atoms with van der Waals surface area (Å²) in [6.07, 6.45) is 0. The van der Waals surface area contributed by atoms with Gasteiger partial charge in [-0.3, -0.25) is 4.79 Å². The van der Waals surface area contributed by atoms with Gasteiger partial charge < -0.3 is 20.7 Å². The van der Waals surface area contributed by atoms with Gasteiger partial charge in [0.1, 0.15) is 18.2 Å². The zero-order valence-corrected chi connectivity index (χ0v) is 10.9. The Morgan fingerprint density at radius 3 is 2.83 bits per heavy atom. The molecule has 3 N–H and O–H groups in total. The van der Waals surface area contributed by atoms with Crippen molar-refractivity contribution in [2.24, 2.45) is 0 Å². The van der Waals surface area contributed by atoms with Gasteiger partial charge in [-0.1, -0.05) is 0 Å². The monoisotopic (exact) mass is 253 g/mol. The van der Waals surface area contributed by atoms with Gasteiger partial charge in [0.25, 0.3) is 0 Å². The number of nitrogen functional groups attached to an aromatic ring is 1. The number of nitrogens with zero attached hydrogens (tertiary/aromatic N) is 3. The summed E-state index contributed by atoms with van der Waals surface area (Å²) in [4.78, 5) is 21.2. The molecule has 0 bridgehead atoms. The highest BCUT2D eigenvalue weighted by Crippen LogP contribution is 2.08. The summed E-state index contributed by atoms with van der Waals surface area (Å²) in [6.45, 7) is 2.94. The Labute approximate surface area is 106 Å². The second-order valence-electron chi connectivity index (χ2n) is 3.87. The minimum Gasteiger partial charge on any atom is -0.384 e. The lowest BCUT2D eigenvalue weighted by molar-refractivity contribution is -0.126. The molecule has 0 aliphatic carbocycles. The predicted octanol–water partition coefficient (Wildman–Crippen LogP) is 0.0954. The van der Waals surface area contributed by atoms with Crippen LogP contribution in [0.5, 0.6) is 0 Å². The van der Waals surface area contributed by atoms with Gasteiger partial charge in [-0.15, -0.1) is 0 Å². The number of carbonyl (C=O) groups is 1. The highest BCUT2D eigenvalue weighted by molar-refractivity contribution is 5.80. The number of likely N-dealkylation sites (N-methyl/N-ethyl adjacent to an activating group) is 1.